The third kappa shape index (κ3) is 16.3. The van der Waals surface area contributed by atoms with Crippen LogP contribution in [-0.4, -0.2) is 85.9 Å². The Morgan fingerprint density at radius 1 is 0.911 bits per heavy atom. The van der Waals surface area contributed by atoms with Gasteiger partial charge in [0.25, 0.3) is 0 Å². The van der Waals surface area contributed by atoms with Crippen LogP contribution in [0.15, 0.2) is 5.38 Å². The molecule has 45 heavy (non-hydrogen) atoms. The van der Waals surface area contributed by atoms with Crippen LogP contribution < -0.4 is 26.0 Å². The molecule has 258 valence electrons. The number of hydrogen-bond donors (Lipinski definition) is 6. The van der Waals surface area contributed by atoms with Gasteiger partial charge >= 0.3 is 6.09 Å². The van der Waals surface area contributed by atoms with Gasteiger partial charge in [-0.05, 0) is 37.5 Å². The Labute approximate surface area is 271 Å². The molecule has 0 aromatic carbocycles. The molecule has 0 bridgehead atoms. The average molecular weight is 677 g/mol. The van der Waals surface area contributed by atoms with Crippen molar-refractivity contribution in [2.75, 3.05) is 19.3 Å². The van der Waals surface area contributed by atoms with Crippen molar-refractivity contribution in [3.63, 3.8) is 0 Å². The van der Waals surface area contributed by atoms with Crippen molar-refractivity contribution in [2.24, 2.45) is 23.7 Å². The summed E-state index contributed by atoms with van der Waals surface area (Å²) in [6.45, 7) is 14.7. The van der Waals surface area contributed by atoms with Crippen molar-refractivity contribution >= 4 is 45.2 Å². The fraction of sp³-hybridized carbons (Fsp3) is 0.759. The summed E-state index contributed by atoms with van der Waals surface area (Å²) in [5.41, 5.74) is 0.766. The van der Waals surface area contributed by atoms with Gasteiger partial charge in [-0.2, -0.15) is 0 Å². The molecule has 0 aliphatic heterocycles. The molecular formula is C29H52N6O8S2. The number of rotatable bonds is 19. The fourth-order valence-corrected chi connectivity index (χ4v) is 5.36. The van der Waals surface area contributed by atoms with Crippen molar-refractivity contribution in [1.82, 2.24) is 31.0 Å². The number of amides is 4. The van der Waals surface area contributed by atoms with E-state index >= 15 is 0 Å². The number of alkyl carbamates (subject to hydrolysis) is 1. The molecule has 1 heterocycles. The first-order valence-electron chi connectivity index (χ1n) is 15.1. The molecule has 0 spiro atoms. The minimum atomic E-state index is -3.71. The Hall–Kier alpha value is -2.82. The molecular weight excluding hydrogens is 624 g/mol. The van der Waals surface area contributed by atoms with Crippen molar-refractivity contribution in [3.8, 4) is 0 Å². The van der Waals surface area contributed by atoms with Gasteiger partial charge in [0, 0.05) is 30.1 Å². The van der Waals surface area contributed by atoms with E-state index in [2.05, 4.69) is 31.0 Å². The SMILES string of the molecule is Cc1csc(COC(=O)NC(CNS(C)(=O)=O)C(=O)NC(CC(C)C)C(O)CC(C)C(=O)NC(C(=O)NCC(C)C)C(C)C)n1. The summed E-state index contributed by atoms with van der Waals surface area (Å²) in [5, 5.41) is 24.2. The summed E-state index contributed by atoms with van der Waals surface area (Å²) in [7, 11) is -3.71. The molecule has 5 unspecified atom stereocenters. The van der Waals surface area contributed by atoms with Crippen LogP contribution in [0.2, 0.25) is 0 Å². The van der Waals surface area contributed by atoms with Crippen LogP contribution in [0.4, 0.5) is 4.79 Å². The summed E-state index contributed by atoms with van der Waals surface area (Å²) in [5.74, 6) is -2.07. The molecule has 16 heteroatoms. The monoisotopic (exact) mass is 676 g/mol. The minimum Gasteiger partial charge on any atom is -0.442 e. The number of aliphatic hydroxyl groups is 1. The highest BCUT2D eigenvalue weighted by molar-refractivity contribution is 7.88. The molecule has 1 aromatic rings. The number of sulfonamides is 1. The smallest absolute Gasteiger partial charge is 0.408 e. The van der Waals surface area contributed by atoms with Gasteiger partial charge in [-0.1, -0.05) is 48.5 Å². The van der Waals surface area contributed by atoms with Crippen LogP contribution in [-0.2, 0) is 35.8 Å². The van der Waals surface area contributed by atoms with Crippen LogP contribution in [0.5, 0.6) is 0 Å². The van der Waals surface area contributed by atoms with Gasteiger partial charge < -0.3 is 31.1 Å². The van der Waals surface area contributed by atoms with Gasteiger partial charge in [0.05, 0.1) is 18.4 Å². The van der Waals surface area contributed by atoms with Crippen LogP contribution in [0.3, 0.4) is 0 Å². The topological polar surface area (TPSA) is 205 Å². The Morgan fingerprint density at radius 3 is 2.07 bits per heavy atom. The van der Waals surface area contributed by atoms with E-state index < -0.39 is 64.6 Å². The van der Waals surface area contributed by atoms with Crippen molar-refractivity contribution in [1.29, 1.82) is 0 Å². The molecule has 1 aromatic heterocycles. The highest BCUT2D eigenvalue weighted by Crippen LogP contribution is 2.17. The molecule has 0 aliphatic rings. The third-order valence-electron chi connectivity index (χ3n) is 6.64. The first-order chi connectivity index (χ1) is 20.8. The standard InChI is InChI=1S/C29H52N6O8S2/c1-16(2)10-21(23(36)11-19(7)26(37)35-25(18(5)6)28(39)30-12-17(3)4)33-27(38)22(13-31-45(9,41)42)34-29(40)43-14-24-32-20(8)15-44-24/h15-19,21-23,25,31,36H,10-14H2,1-9H3,(H,30,39)(H,33,38)(H,34,40)(H,35,37). The van der Waals surface area contributed by atoms with E-state index in [1.54, 1.807) is 19.2 Å². The molecule has 14 nitrogen and oxygen atoms in total. The highest BCUT2D eigenvalue weighted by atomic mass is 32.2. The maximum absolute atomic E-state index is 13.3. The lowest BCUT2D eigenvalue weighted by Gasteiger charge is -2.30. The third-order valence-corrected chi connectivity index (χ3v) is 8.27. The Bertz CT molecular complexity index is 1220. The maximum Gasteiger partial charge on any atom is 0.408 e. The van der Waals surface area contributed by atoms with Crippen molar-refractivity contribution in [2.45, 2.75) is 99.1 Å². The zero-order chi connectivity index (χ0) is 34.5. The van der Waals surface area contributed by atoms with Crippen LogP contribution >= 0.6 is 11.3 Å². The number of hydrogen-bond acceptors (Lipinski definition) is 10. The second kappa shape index (κ2) is 19.0. The lowest BCUT2D eigenvalue weighted by atomic mass is 9.91. The van der Waals surface area contributed by atoms with Crippen molar-refractivity contribution < 1.29 is 37.4 Å². The predicted octanol–water partition coefficient (Wildman–Crippen LogP) is 1.43. The van der Waals surface area contributed by atoms with Crippen LogP contribution in [0.1, 0.15) is 72.0 Å². The number of carbonyl (C=O) groups is 4. The molecule has 0 saturated heterocycles. The molecule has 0 saturated carbocycles. The van der Waals surface area contributed by atoms with Crippen LogP contribution in [0, 0.1) is 30.6 Å². The molecule has 0 fully saturated rings. The van der Waals surface area contributed by atoms with Gasteiger partial charge in [0.1, 0.15) is 23.7 Å². The number of thiazole rings is 1. The van der Waals surface area contributed by atoms with Gasteiger partial charge in [-0.3, -0.25) is 14.4 Å². The summed E-state index contributed by atoms with van der Waals surface area (Å²) >= 11 is 1.30. The second-order valence-electron chi connectivity index (χ2n) is 12.6. The number of aryl methyl sites for hydroxylation is 1. The number of aliphatic hydroxyl groups excluding tert-OH is 1. The van der Waals surface area contributed by atoms with E-state index in [1.807, 2.05) is 41.5 Å². The molecule has 0 radical (unpaired) electrons. The Morgan fingerprint density at radius 2 is 1.56 bits per heavy atom. The summed E-state index contributed by atoms with van der Waals surface area (Å²) in [6.07, 6.45) is -0.917. The van der Waals surface area contributed by atoms with E-state index in [9.17, 15) is 32.7 Å². The van der Waals surface area contributed by atoms with E-state index in [-0.39, 0.29) is 36.7 Å². The summed E-state index contributed by atoms with van der Waals surface area (Å²) < 4.78 is 30.9. The number of carbonyl (C=O) groups excluding carboxylic acids is 4. The minimum absolute atomic E-state index is 0.0244. The first kappa shape index (κ1) is 40.2. The van der Waals surface area contributed by atoms with Gasteiger partial charge in [0.15, 0.2) is 0 Å². The van der Waals surface area contributed by atoms with Crippen LogP contribution in [0.25, 0.3) is 0 Å². The Kier molecular flexibility index (Phi) is 17.0. The van der Waals surface area contributed by atoms with Gasteiger partial charge in [-0.15, -0.1) is 11.3 Å². The molecule has 4 amide bonds. The lowest BCUT2D eigenvalue weighted by molar-refractivity contribution is -0.132. The highest BCUT2D eigenvalue weighted by Gasteiger charge is 2.32. The van der Waals surface area contributed by atoms with Gasteiger partial charge in [-0.25, -0.2) is 22.9 Å². The molecule has 6 N–H and O–H groups in total. The summed E-state index contributed by atoms with van der Waals surface area (Å²) in [4.78, 5) is 55.8. The first-order valence-corrected chi connectivity index (χ1v) is 17.9. The average Bonchev–Trinajstić information content (AvgIpc) is 3.34. The zero-order valence-electron chi connectivity index (χ0n) is 27.8. The number of nitrogens with one attached hydrogen (secondary N) is 5. The van der Waals surface area contributed by atoms with E-state index in [0.29, 0.717) is 18.0 Å². The van der Waals surface area contributed by atoms with Crippen molar-refractivity contribution in [3.05, 3.63) is 16.1 Å². The van der Waals surface area contributed by atoms with E-state index in [1.165, 1.54) is 11.3 Å². The zero-order valence-corrected chi connectivity index (χ0v) is 29.4. The molecule has 1 rings (SSSR count). The number of aromatic nitrogens is 1. The van der Waals surface area contributed by atoms with E-state index in [4.69, 9.17) is 4.74 Å². The lowest BCUT2D eigenvalue weighted by Crippen LogP contribution is -2.56. The van der Waals surface area contributed by atoms with Gasteiger partial charge in [0.2, 0.25) is 27.7 Å². The second-order valence-corrected chi connectivity index (χ2v) is 15.4. The number of nitrogens with zero attached hydrogens (tertiary/aromatic N) is 1. The Balaban J connectivity index is 2.97. The predicted molar refractivity (Wildman–Crippen MR) is 173 cm³/mol. The number of ether oxygens (including phenoxy) is 1. The molecule has 5 atom stereocenters. The maximum atomic E-state index is 13.3. The molecule has 0 aliphatic carbocycles. The summed E-state index contributed by atoms with van der Waals surface area (Å²) in [6, 6.07) is -2.96. The quantitative estimate of drug-likeness (QED) is 0.125. The van der Waals surface area contributed by atoms with E-state index in [0.717, 1.165) is 11.9 Å². The largest absolute Gasteiger partial charge is 0.442 e. The fourth-order valence-electron chi connectivity index (χ4n) is 4.21. The normalized spacial score (nSPS) is 15.2.